The number of fused-ring (bicyclic) bond motifs is 1. The van der Waals surface area contributed by atoms with Crippen molar-refractivity contribution in [3.05, 3.63) is 39.9 Å². The van der Waals surface area contributed by atoms with Crippen LogP contribution in [0, 0.1) is 10.1 Å². The van der Waals surface area contributed by atoms with E-state index in [9.17, 15) is 10.1 Å². The van der Waals surface area contributed by atoms with Gasteiger partial charge in [0.1, 0.15) is 21.9 Å². The van der Waals surface area contributed by atoms with Gasteiger partial charge in [0.2, 0.25) is 0 Å². The average Bonchev–Trinajstić information content (AvgIpc) is 2.88. The van der Waals surface area contributed by atoms with E-state index < -0.39 is 4.92 Å². The second kappa shape index (κ2) is 5.02. The molecule has 100 valence electrons. The Bertz CT molecular complexity index is 787. The van der Waals surface area contributed by atoms with Crippen molar-refractivity contribution in [2.45, 2.75) is 10.2 Å². The van der Waals surface area contributed by atoms with Crippen LogP contribution in [0.3, 0.4) is 0 Å². The summed E-state index contributed by atoms with van der Waals surface area (Å²) in [6.07, 6.45) is 1.20. The van der Waals surface area contributed by atoms with Crippen molar-refractivity contribution < 1.29 is 4.92 Å². The summed E-state index contributed by atoms with van der Waals surface area (Å²) in [4.78, 5) is 23.4. The lowest BCUT2D eigenvalue weighted by molar-refractivity contribution is -0.385. The maximum atomic E-state index is 10.6. The number of pyridine rings is 1. The van der Waals surface area contributed by atoms with Crippen molar-refractivity contribution in [3.63, 3.8) is 0 Å². The molecule has 0 saturated carbocycles. The van der Waals surface area contributed by atoms with Crippen LogP contribution >= 0.6 is 23.1 Å². The van der Waals surface area contributed by atoms with Crippen LogP contribution in [-0.4, -0.2) is 19.9 Å². The summed E-state index contributed by atoms with van der Waals surface area (Å²) >= 11 is 2.69. The highest BCUT2D eigenvalue weighted by molar-refractivity contribution is 7.99. The number of rotatable bonds is 3. The molecule has 0 aliphatic carbocycles. The third-order valence-electron chi connectivity index (χ3n) is 2.46. The molecule has 0 aromatic carbocycles. The fourth-order valence-corrected chi connectivity index (χ4v) is 3.08. The van der Waals surface area contributed by atoms with Crippen molar-refractivity contribution in [2.24, 2.45) is 0 Å². The number of hydrogen-bond acceptors (Lipinski definition) is 8. The lowest BCUT2D eigenvalue weighted by Gasteiger charge is -2.01. The lowest BCUT2D eigenvalue weighted by Crippen LogP contribution is -1.95. The minimum Gasteiger partial charge on any atom is -0.383 e. The molecule has 9 heteroatoms. The van der Waals surface area contributed by atoms with Gasteiger partial charge in [-0.25, -0.2) is 15.0 Å². The van der Waals surface area contributed by atoms with E-state index in [-0.39, 0.29) is 5.69 Å². The smallest absolute Gasteiger partial charge is 0.287 e. The summed E-state index contributed by atoms with van der Waals surface area (Å²) in [6, 6.07) is 4.82. The first-order chi connectivity index (χ1) is 9.63. The van der Waals surface area contributed by atoms with Gasteiger partial charge in [0.15, 0.2) is 5.16 Å². The molecule has 3 aromatic heterocycles. The summed E-state index contributed by atoms with van der Waals surface area (Å²) in [5.74, 6) is 0.417. The molecule has 3 aromatic rings. The molecule has 0 bridgehead atoms. The highest BCUT2D eigenvalue weighted by Gasteiger charge is 2.10. The van der Waals surface area contributed by atoms with E-state index in [1.54, 1.807) is 6.07 Å². The fourth-order valence-electron chi connectivity index (χ4n) is 1.54. The maximum Gasteiger partial charge on any atom is 0.287 e. The third-order valence-corrected chi connectivity index (χ3v) is 4.08. The minimum atomic E-state index is -0.492. The Balaban J connectivity index is 1.90. The van der Waals surface area contributed by atoms with Crippen molar-refractivity contribution in [1.29, 1.82) is 0 Å². The zero-order chi connectivity index (χ0) is 14.1. The molecule has 0 spiro atoms. The highest BCUT2D eigenvalue weighted by Crippen LogP contribution is 2.29. The standard InChI is InChI=1S/C11H7N5O2S2/c12-9-7-3-4-19-10(7)15-11(14-9)20-8-2-1-6(5-13-8)16(17)18/h1-5H,(H2,12,14,15). The van der Waals surface area contributed by atoms with Crippen LogP contribution in [0.2, 0.25) is 0 Å². The van der Waals surface area contributed by atoms with Crippen LogP contribution in [0.25, 0.3) is 10.2 Å². The van der Waals surface area contributed by atoms with Gasteiger partial charge in [-0.2, -0.15) is 0 Å². The lowest BCUT2D eigenvalue weighted by atomic mass is 10.4. The number of anilines is 1. The average molecular weight is 305 g/mol. The van der Waals surface area contributed by atoms with Crippen LogP contribution in [-0.2, 0) is 0 Å². The predicted octanol–water partition coefficient (Wildman–Crippen LogP) is 2.73. The summed E-state index contributed by atoms with van der Waals surface area (Å²) in [5, 5.41) is 14.3. The number of nitrogens with zero attached hydrogens (tertiary/aromatic N) is 4. The maximum absolute atomic E-state index is 10.6. The van der Waals surface area contributed by atoms with Crippen LogP contribution in [0.4, 0.5) is 11.5 Å². The molecule has 0 amide bonds. The molecule has 0 aliphatic heterocycles. The monoisotopic (exact) mass is 305 g/mol. The largest absolute Gasteiger partial charge is 0.383 e. The van der Waals surface area contributed by atoms with Gasteiger partial charge in [0.05, 0.1) is 10.3 Å². The van der Waals surface area contributed by atoms with Gasteiger partial charge < -0.3 is 5.73 Å². The third kappa shape index (κ3) is 2.40. The number of thiophene rings is 1. The second-order valence-electron chi connectivity index (χ2n) is 3.74. The minimum absolute atomic E-state index is 0.0523. The van der Waals surface area contributed by atoms with Crippen molar-refractivity contribution in [1.82, 2.24) is 15.0 Å². The van der Waals surface area contributed by atoms with E-state index in [2.05, 4.69) is 15.0 Å². The van der Waals surface area contributed by atoms with E-state index in [4.69, 9.17) is 5.73 Å². The van der Waals surface area contributed by atoms with Crippen molar-refractivity contribution in [2.75, 3.05) is 5.73 Å². The Labute approximate surface area is 121 Å². The quantitative estimate of drug-likeness (QED) is 0.450. The van der Waals surface area contributed by atoms with Crippen molar-refractivity contribution in [3.8, 4) is 0 Å². The molecule has 2 N–H and O–H groups in total. The predicted molar refractivity (Wildman–Crippen MR) is 76.8 cm³/mol. The van der Waals surface area contributed by atoms with Gasteiger partial charge in [-0.3, -0.25) is 10.1 Å². The molecule has 0 unspecified atom stereocenters. The van der Waals surface area contributed by atoms with Gasteiger partial charge in [-0.1, -0.05) is 0 Å². The Morgan fingerprint density at radius 1 is 1.30 bits per heavy atom. The number of nitro groups is 1. The Morgan fingerprint density at radius 2 is 2.15 bits per heavy atom. The van der Waals surface area contributed by atoms with Crippen molar-refractivity contribution >= 4 is 44.8 Å². The molecule has 0 aliphatic rings. The Hall–Kier alpha value is -2.26. The summed E-state index contributed by atoms with van der Waals surface area (Å²) < 4.78 is 0. The van der Waals surface area contributed by atoms with Gasteiger partial charge in [-0.05, 0) is 29.3 Å². The number of aromatic nitrogens is 3. The molecule has 0 radical (unpaired) electrons. The van der Waals surface area contributed by atoms with Gasteiger partial charge in [-0.15, -0.1) is 11.3 Å². The van der Waals surface area contributed by atoms with E-state index in [1.165, 1.54) is 35.4 Å². The number of nitrogen functional groups attached to an aromatic ring is 1. The first kappa shape index (κ1) is 12.8. The SMILES string of the molecule is Nc1nc(Sc2ccc([N+](=O)[O-])cn2)nc2sccc12. The summed E-state index contributed by atoms with van der Waals surface area (Å²) in [5.41, 5.74) is 5.80. The molecule has 7 nitrogen and oxygen atoms in total. The molecule has 0 saturated heterocycles. The van der Waals surface area contributed by atoms with E-state index >= 15 is 0 Å². The summed E-state index contributed by atoms with van der Waals surface area (Å²) in [6.45, 7) is 0. The van der Waals surface area contributed by atoms with E-state index in [0.717, 1.165) is 10.2 Å². The zero-order valence-electron chi connectivity index (χ0n) is 9.89. The molecule has 3 rings (SSSR count). The molecule has 20 heavy (non-hydrogen) atoms. The molecule has 3 heterocycles. The molecule has 0 atom stereocenters. The first-order valence-corrected chi connectivity index (χ1v) is 7.12. The van der Waals surface area contributed by atoms with Gasteiger partial charge in [0, 0.05) is 6.07 Å². The highest BCUT2D eigenvalue weighted by atomic mass is 32.2. The molecule has 0 fully saturated rings. The van der Waals surface area contributed by atoms with E-state index in [1.807, 2.05) is 11.4 Å². The van der Waals surface area contributed by atoms with Crippen LogP contribution < -0.4 is 5.73 Å². The first-order valence-electron chi connectivity index (χ1n) is 5.42. The van der Waals surface area contributed by atoms with Crippen LogP contribution in [0.15, 0.2) is 40.0 Å². The normalized spacial score (nSPS) is 10.8. The summed E-state index contributed by atoms with van der Waals surface area (Å²) in [7, 11) is 0. The number of hydrogen-bond donors (Lipinski definition) is 1. The Morgan fingerprint density at radius 3 is 2.85 bits per heavy atom. The fraction of sp³-hybridized carbons (Fsp3) is 0. The molecular weight excluding hydrogens is 298 g/mol. The van der Waals surface area contributed by atoms with Gasteiger partial charge >= 0.3 is 0 Å². The number of nitrogens with two attached hydrogens (primary N) is 1. The topological polar surface area (TPSA) is 108 Å². The second-order valence-corrected chi connectivity index (χ2v) is 5.63. The van der Waals surface area contributed by atoms with Crippen LogP contribution in [0.1, 0.15) is 0 Å². The zero-order valence-corrected chi connectivity index (χ0v) is 11.5. The molecular formula is C11H7N5O2S2. The Kier molecular flexibility index (Phi) is 3.20. The van der Waals surface area contributed by atoms with E-state index in [0.29, 0.717) is 16.0 Å². The van der Waals surface area contributed by atoms with Gasteiger partial charge in [0.25, 0.3) is 5.69 Å². The van der Waals surface area contributed by atoms with Crippen LogP contribution in [0.5, 0.6) is 0 Å².